The maximum atomic E-state index is 13.3. The van der Waals surface area contributed by atoms with Gasteiger partial charge in [-0.15, -0.1) is 0 Å². The maximum Gasteiger partial charge on any atom is 0.417 e. The van der Waals surface area contributed by atoms with Crippen LogP contribution in [0.3, 0.4) is 0 Å². The minimum absolute atomic E-state index is 0.144. The Balaban J connectivity index is 1.84. The average molecular weight is 450 g/mol. The van der Waals surface area contributed by atoms with Gasteiger partial charge in [0.25, 0.3) is 5.69 Å². The van der Waals surface area contributed by atoms with Gasteiger partial charge < -0.3 is 4.90 Å². The van der Waals surface area contributed by atoms with E-state index in [1.165, 1.54) is 12.3 Å². The van der Waals surface area contributed by atoms with Crippen LogP contribution in [-0.2, 0) is 6.18 Å². The number of anilines is 1. The SMILES string of the molecule is O=[N+]([O-])c1[c]cc(N2CCCCC2)cc1-c1c[nH]nc1-c1ccc(Cl)c(C(F)(F)F)c1. The number of nitrogens with one attached hydrogen (secondary N) is 1. The molecule has 31 heavy (non-hydrogen) atoms. The summed E-state index contributed by atoms with van der Waals surface area (Å²) in [5.41, 5.74) is 0.370. The van der Waals surface area contributed by atoms with Crippen LogP contribution in [0.4, 0.5) is 24.5 Å². The van der Waals surface area contributed by atoms with Gasteiger partial charge in [0.2, 0.25) is 0 Å². The molecule has 0 unspecified atom stereocenters. The van der Waals surface area contributed by atoms with Gasteiger partial charge in [0, 0.05) is 36.1 Å². The van der Waals surface area contributed by atoms with Crippen LogP contribution in [0, 0.1) is 16.2 Å². The molecule has 0 saturated carbocycles. The Morgan fingerprint density at radius 3 is 2.58 bits per heavy atom. The molecular weight excluding hydrogens is 433 g/mol. The number of H-pyrrole nitrogens is 1. The predicted molar refractivity (Wildman–Crippen MR) is 111 cm³/mol. The standard InChI is InChI=1S/C21H17ClF3N4O2/c22-18-6-4-13(10-17(18)21(23,24)25)20-16(12-26-27-20)15-11-14(5-7-19(15)29(30)31)28-8-2-1-3-9-28/h4-6,10-12H,1-3,8-9H2,(H,26,27). The fourth-order valence-corrected chi connectivity index (χ4v) is 4.00. The second-order valence-corrected chi connectivity index (χ2v) is 7.67. The van der Waals surface area contributed by atoms with E-state index in [9.17, 15) is 23.3 Å². The largest absolute Gasteiger partial charge is 0.417 e. The first-order valence-electron chi connectivity index (χ1n) is 9.62. The second-order valence-electron chi connectivity index (χ2n) is 7.26. The van der Waals surface area contributed by atoms with E-state index < -0.39 is 21.7 Å². The van der Waals surface area contributed by atoms with Crippen LogP contribution < -0.4 is 4.90 Å². The molecular formula is C21H17ClF3N4O2. The first-order chi connectivity index (χ1) is 14.8. The van der Waals surface area contributed by atoms with Crippen molar-refractivity contribution in [2.24, 2.45) is 0 Å². The van der Waals surface area contributed by atoms with Crippen LogP contribution in [0.25, 0.3) is 22.4 Å². The summed E-state index contributed by atoms with van der Waals surface area (Å²) in [6.45, 7) is 1.66. The molecule has 1 aliphatic heterocycles. The van der Waals surface area contributed by atoms with Gasteiger partial charge in [-0.05, 0) is 43.5 Å². The number of rotatable bonds is 4. The lowest BCUT2D eigenvalue weighted by molar-refractivity contribution is -0.384. The lowest BCUT2D eigenvalue weighted by Gasteiger charge is -2.29. The van der Waals surface area contributed by atoms with E-state index in [1.807, 2.05) is 0 Å². The van der Waals surface area contributed by atoms with Gasteiger partial charge in [0.1, 0.15) is 5.69 Å². The van der Waals surface area contributed by atoms with Crippen molar-refractivity contribution in [1.82, 2.24) is 10.2 Å². The summed E-state index contributed by atoms with van der Waals surface area (Å²) in [7, 11) is 0. The molecule has 0 aliphatic carbocycles. The molecule has 161 valence electrons. The maximum absolute atomic E-state index is 13.3. The Bertz CT molecular complexity index is 1120. The van der Waals surface area contributed by atoms with Crippen molar-refractivity contribution in [3.8, 4) is 22.4 Å². The zero-order valence-electron chi connectivity index (χ0n) is 16.2. The van der Waals surface area contributed by atoms with Crippen molar-refractivity contribution >= 4 is 23.0 Å². The molecule has 1 aromatic heterocycles. The second kappa shape index (κ2) is 8.22. The van der Waals surface area contributed by atoms with Crippen LogP contribution in [0.2, 0.25) is 5.02 Å². The van der Waals surface area contributed by atoms with E-state index in [0.29, 0.717) is 5.56 Å². The highest BCUT2D eigenvalue weighted by Crippen LogP contribution is 2.41. The third-order valence-electron chi connectivity index (χ3n) is 5.28. The van der Waals surface area contributed by atoms with Gasteiger partial charge >= 0.3 is 6.18 Å². The van der Waals surface area contributed by atoms with E-state index in [1.54, 1.807) is 12.1 Å². The Morgan fingerprint density at radius 1 is 1.16 bits per heavy atom. The molecule has 1 fully saturated rings. The lowest BCUT2D eigenvalue weighted by Crippen LogP contribution is -2.29. The van der Waals surface area contributed by atoms with Crippen molar-refractivity contribution in [2.75, 3.05) is 18.0 Å². The number of nitro groups is 1. The normalized spacial score (nSPS) is 14.6. The monoisotopic (exact) mass is 449 g/mol. The number of alkyl halides is 3. The van der Waals surface area contributed by atoms with Crippen LogP contribution in [0.5, 0.6) is 0 Å². The molecule has 1 radical (unpaired) electrons. The summed E-state index contributed by atoms with van der Waals surface area (Å²) in [4.78, 5) is 13.2. The number of halogens is 4. The smallest absolute Gasteiger partial charge is 0.371 e. The quantitative estimate of drug-likeness (QED) is 0.385. The molecule has 2 aromatic carbocycles. The summed E-state index contributed by atoms with van der Waals surface area (Å²) in [5, 5.41) is 17.9. The Labute approximate surface area is 180 Å². The van der Waals surface area contributed by atoms with E-state index in [0.717, 1.165) is 50.2 Å². The lowest BCUT2D eigenvalue weighted by atomic mass is 9.98. The summed E-state index contributed by atoms with van der Waals surface area (Å²) in [6.07, 6.45) is -0.0303. The van der Waals surface area contributed by atoms with E-state index in [4.69, 9.17) is 11.6 Å². The van der Waals surface area contributed by atoms with Gasteiger partial charge in [0.05, 0.1) is 27.1 Å². The van der Waals surface area contributed by atoms with Crippen molar-refractivity contribution in [3.05, 3.63) is 63.3 Å². The predicted octanol–water partition coefficient (Wildman–Crippen LogP) is 6.11. The highest BCUT2D eigenvalue weighted by Gasteiger charge is 2.34. The van der Waals surface area contributed by atoms with E-state index >= 15 is 0 Å². The first kappa shape index (κ1) is 21.2. The van der Waals surface area contributed by atoms with Crippen LogP contribution in [0.1, 0.15) is 24.8 Å². The molecule has 3 aromatic rings. The molecule has 1 aliphatic rings. The highest BCUT2D eigenvalue weighted by atomic mass is 35.5. The number of aromatic amines is 1. The van der Waals surface area contributed by atoms with Crippen LogP contribution in [0.15, 0.2) is 36.5 Å². The zero-order valence-corrected chi connectivity index (χ0v) is 16.9. The first-order valence-corrected chi connectivity index (χ1v) is 10.00. The summed E-state index contributed by atoms with van der Waals surface area (Å²) >= 11 is 5.72. The van der Waals surface area contributed by atoms with Crippen LogP contribution >= 0.6 is 11.6 Å². The number of hydrogen-bond donors (Lipinski definition) is 1. The Morgan fingerprint density at radius 2 is 1.90 bits per heavy atom. The zero-order chi connectivity index (χ0) is 22.2. The van der Waals surface area contributed by atoms with Crippen molar-refractivity contribution in [1.29, 1.82) is 0 Å². The van der Waals surface area contributed by atoms with Gasteiger partial charge in [-0.1, -0.05) is 17.7 Å². The summed E-state index contributed by atoms with van der Waals surface area (Å²) in [5.74, 6) is 0. The summed E-state index contributed by atoms with van der Waals surface area (Å²) < 4.78 is 39.9. The van der Waals surface area contributed by atoms with Crippen molar-refractivity contribution in [3.63, 3.8) is 0 Å². The molecule has 0 bridgehead atoms. The van der Waals surface area contributed by atoms with E-state index in [-0.39, 0.29) is 22.5 Å². The van der Waals surface area contributed by atoms with Gasteiger partial charge in [0.15, 0.2) is 0 Å². The number of piperidine rings is 1. The number of hydrogen-bond acceptors (Lipinski definition) is 4. The minimum Gasteiger partial charge on any atom is -0.371 e. The number of aromatic nitrogens is 2. The third-order valence-corrected chi connectivity index (χ3v) is 5.61. The van der Waals surface area contributed by atoms with Gasteiger partial charge in [-0.25, -0.2) is 0 Å². The molecule has 10 heteroatoms. The highest BCUT2D eigenvalue weighted by molar-refractivity contribution is 6.31. The van der Waals surface area contributed by atoms with Crippen molar-refractivity contribution in [2.45, 2.75) is 25.4 Å². The third kappa shape index (κ3) is 4.23. The van der Waals surface area contributed by atoms with E-state index in [2.05, 4.69) is 21.2 Å². The Hall–Kier alpha value is -3.07. The minimum atomic E-state index is -4.64. The fraction of sp³-hybridized carbons (Fsp3) is 0.286. The summed E-state index contributed by atoms with van der Waals surface area (Å²) in [6, 6.07) is 9.43. The molecule has 0 spiro atoms. The average Bonchev–Trinajstić information content (AvgIpc) is 3.23. The number of nitro benzene ring substituents is 1. The van der Waals surface area contributed by atoms with Crippen LogP contribution in [-0.4, -0.2) is 28.2 Å². The molecule has 2 heterocycles. The van der Waals surface area contributed by atoms with Gasteiger partial charge in [-0.3, -0.25) is 15.2 Å². The number of nitrogens with zero attached hydrogens (tertiary/aromatic N) is 3. The van der Waals surface area contributed by atoms with Crippen molar-refractivity contribution < 1.29 is 18.1 Å². The molecule has 6 nitrogen and oxygen atoms in total. The molecule has 1 N–H and O–H groups in total. The van der Waals surface area contributed by atoms with Gasteiger partial charge in [-0.2, -0.15) is 18.3 Å². The topological polar surface area (TPSA) is 75.1 Å². The molecule has 0 amide bonds. The molecule has 0 atom stereocenters. The molecule has 4 rings (SSSR count). The fourth-order valence-electron chi connectivity index (χ4n) is 3.77. The number of benzene rings is 2. The Kier molecular flexibility index (Phi) is 5.62. The molecule has 1 saturated heterocycles.